The number of hydrogen-bond donors (Lipinski definition) is 3. The van der Waals surface area contributed by atoms with Crippen LogP contribution >= 0.6 is 24.0 Å². The van der Waals surface area contributed by atoms with Gasteiger partial charge in [0.25, 0.3) is 0 Å². The fourth-order valence-electron chi connectivity index (χ4n) is 2.91. The summed E-state index contributed by atoms with van der Waals surface area (Å²) in [7, 11) is -3.71. The summed E-state index contributed by atoms with van der Waals surface area (Å²) in [6, 6.07) is 13.0. The Kier molecular flexibility index (Phi) is 9.05. The second-order valence-corrected chi connectivity index (χ2v) is 9.03. The van der Waals surface area contributed by atoms with E-state index in [-0.39, 0.29) is 35.4 Å². The molecule has 30 heavy (non-hydrogen) atoms. The van der Waals surface area contributed by atoms with Gasteiger partial charge < -0.3 is 10.6 Å². The zero-order valence-electron chi connectivity index (χ0n) is 17.1. The van der Waals surface area contributed by atoms with Gasteiger partial charge in [0.2, 0.25) is 10.0 Å². The van der Waals surface area contributed by atoms with Gasteiger partial charge in [-0.3, -0.25) is 0 Å². The van der Waals surface area contributed by atoms with Gasteiger partial charge in [-0.1, -0.05) is 31.2 Å². The Morgan fingerprint density at radius 1 is 1.17 bits per heavy atom. The molecule has 0 saturated heterocycles. The maximum Gasteiger partial charge on any atom is 0.240 e. The van der Waals surface area contributed by atoms with E-state index in [4.69, 9.17) is 0 Å². The molecule has 6 nitrogen and oxygen atoms in total. The Bertz CT molecular complexity index is 984. The molecule has 1 aliphatic rings. The van der Waals surface area contributed by atoms with Crippen LogP contribution in [0.5, 0.6) is 0 Å². The number of nitrogens with one attached hydrogen (secondary N) is 3. The normalized spacial score (nSPS) is 18.4. The van der Waals surface area contributed by atoms with Crippen molar-refractivity contribution in [2.75, 3.05) is 6.54 Å². The molecule has 0 bridgehead atoms. The van der Waals surface area contributed by atoms with Crippen LogP contribution in [0.1, 0.15) is 31.4 Å². The lowest BCUT2D eigenvalue weighted by molar-refractivity contribution is 0.580. The minimum Gasteiger partial charge on any atom is -0.357 e. The molecule has 0 aromatic heterocycles. The molecule has 0 amide bonds. The highest BCUT2D eigenvalue weighted by molar-refractivity contribution is 14.0. The fourth-order valence-corrected chi connectivity index (χ4v) is 4.00. The van der Waals surface area contributed by atoms with E-state index in [0.717, 1.165) is 24.5 Å². The fraction of sp³-hybridized carbons (Fsp3) is 0.381. The first-order chi connectivity index (χ1) is 13.9. The van der Waals surface area contributed by atoms with Crippen molar-refractivity contribution in [2.45, 2.75) is 44.3 Å². The largest absolute Gasteiger partial charge is 0.357 e. The Morgan fingerprint density at radius 2 is 1.87 bits per heavy atom. The summed E-state index contributed by atoms with van der Waals surface area (Å²) in [6.07, 6.45) is 1.13. The Morgan fingerprint density at radius 3 is 2.53 bits per heavy atom. The Hall–Kier alpha value is -1.72. The molecular weight excluding hydrogens is 518 g/mol. The zero-order valence-corrected chi connectivity index (χ0v) is 20.2. The van der Waals surface area contributed by atoms with Gasteiger partial charge in [0.05, 0.1) is 11.4 Å². The number of nitrogens with zero attached hydrogens (tertiary/aromatic N) is 1. The number of guanidine groups is 1. The Balaban J connectivity index is 0.00000320. The van der Waals surface area contributed by atoms with E-state index < -0.39 is 15.8 Å². The molecule has 9 heteroatoms. The van der Waals surface area contributed by atoms with E-state index in [9.17, 15) is 12.8 Å². The standard InChI is InChI=1S/C21H27FN4O2S.HI/c1-3-23-21(26-20-10-15(20)2)24-13-17-7-5-9-19(12-17)29(27,28)25-14-16-6-4-8-18(22)11-16;/h4-9,11-12,15,20,25H,3,10,13-14H2,1-2H3,(H2,23,24,26);1H. The molecule has 2 unspecified atom stereocenters. The molecule has 3 rings (SSSR count). The smallest absolute Gasteiger partial charge is 0.240 e. The molecule has 1 aliphatic carbocycles. The van der Waals surface area contributed by atoms with Crippen LogP contribution in [0.4, 0.5) is 4.39 Å². The summed E-state index contributed by atoms with van der Waals surface area (Å²) in [6.45, 7) is 5.34. The first kappa shape index (κ1) is 24.5. The summed E-state index contributed by atoms with van der Waals surface area (Å²) in [5.74, 6) is 0.989. The van der Waals surface area contributed by atoms with Gasteiger partial charge in [0.15, 0.2) is 5.96 Å². The van der Waals surface area contributed by atoms with Gasteiger partial charge in [-0.25, -0.2) is 22.5 Å². The molecule has 2 atom stereocenters. The maximum atomic E-state index is 13.3. The second-order valence-electron chi connectivity index (χ2n) is 7.26. The van der Waals surface area contributed by atoms with Gasteiger partial charge in [-0.05, 0) is 54.7 Å². The summed E-state index contributed by atoms with van der Waals surface area (Å²) in [5, 5.41) is 6.59. The molecule has 2 aromatic carbocycles. The third-order valence-corrected chi connectivity index (χ3v) is 6.16. The minimum absolute atomic E-state index is 0. The summed E-state index contributed by atoms with van der Waals surface area (Å²) < 4.78 is 41.0. The van der Waals surface area contributed by atoms with Crippen LogP contribution in [0.2, 0.25) is 0 Å². The monoisotopic (exact) mass is 546 g/mol. The first-order valence-electron chi connectivity index (χ1n) is 9.75. The Labute approximate surface area is 194 Å². The molecule has 0 aliphatic heterocycles. The summed E-state index contributed by atoms with van der Waals surface area (Å²) >= 11 is 0. The van der Waals surface area contributed by atoms with Gasteiger partial charge >= 0.3 is 0 Å². The molecule has 3 N–H and O–H groups in total. The molecule has 0 heterocycles. The molecule has 1 fully saturated rings. The predicted molar refractivity (Wildman–Crippen MR) is 128 cm³/mol. The maximum absolute atomic E-state index is 13.3. The van der Waals surface area contributed by atoms with Crippen molar-refractivity contribution in [1.29, 1.82) is 0 Å². The van der Waals surface area contributed by atoms with Crippen molar-refractivity contribution in [3.05, 3.63) is 65.5 Å². The third-order valence-electron chi connectivity index (χ3n) is 4.76. The lowest BCUT2D eigenvalue weighted by atomic mass is 10.2. The van der Waals surface area contributed by atoms with E-state index in [1.807, 2.05) is 13.0 Å². The SMILES string of the molecule is CCNC(=NCc1cccc(S(=O)(=O)NCc2cccc(F)c2)c1)NC1CC1C.I. The van der Waals surface area contributed by atoms with E-state index in [1.165, 1.54) is 18.2 Å². The molecule has 164 valence electrons. The number of hydrogen-bond acceptors (Lipinski definition) is 3. The van der Waals surface area contributed by atoms with Crippen LogP contribution in [0.3, 0.4) is 0 Å². The number of benzene rings is 2. The highest BCUT2D eigenvalue weighted by atomic mass is 127. The van der Waals surface area contributed by atoms with Crippen LogP contribution in [0.25, 0.3) is 0 Å². The van der Waals surface area contributed by atoms with Crippen LogP contribution in [-0.2, 0) is 23.1 Å². The third kappa shape index (κ3) is 7.21. The van der Waals surface area contributed by atoms with Crippen molar-refractivity contribution in [3.8, 4) is 0 Å². The van der Waals surface area contributed by atoms with Crippen LogP contribution in [0.15, 0.2) is 58.4 Å². The van der Waals surface area contributed by atoms with Gasteiger partial charge in [-0.2, -0.15) is 0 Å². The number of rotatable bonds is 8. The number of halogens is 2. The van der Waals surface area contributed by atoms with Gasteiger partial charge in [0, 0.05) is 19.1 Å². The van der Waals surface area contributed by atoms with Gasteiger partial charge in [0.1, 0.15) is 5.82 Å². The highest BCUT2D eigenvalue weighted by Gasteiger charge is 2.33. The molecule has 0 radical (unpaired) electrons. The number of sulfonamides is 1. The molecular formula is C21H28FIN4O2S. The lowest BCUT2D eigenvalue weighted by Gasteiger charge is -2.11. The molecule has 2 aromatic rings. The van der Waals surface area contributed by atoms with Crippen LogP contribution in [-0.4, -0.2) is 27.0 Å². The van der Waals surface area contributed by atoms with E-state index in [0.29, 0.717) is 24.1 Å². The van der Waals surface area contributed by atoms with E-state index in [2.05, 4.69) is 27.3 Å². The van der Waals surface area contributed by atoms with Crippen molar-refractivity contribution in [2.24, 2.45) is 10.9 Å². The minimum atomic E-state index is -3.71. The summed E-state index contributed by atoms with van der Waals surface area (Å²) in [5.41, 5.74) is 1.35. The lowest BCUT2D eigenvalue weighted by Crippen LogP contribution is -2.39. The predicted octanol–water partition coefficient (Wildman–Crippen LogP) is 3.39. The average Bonchev–Trinajstić information content (AvgIpc) is 3.39. The van der Waals surface area contributed by atoms with Crippen molar-refractivity contribution in [1.82, 2.24) is 15.4 Å². The molecule has 0 spiro atoms. The zero-order chi connectivity index (χ0) is 20.9. The highest BCUT2D eigenvalue weighted by Crippen LogP contribution is 2.28. The van der Waals surface area contributed by atoms with E-state index in [1.54, 1.807) is 24.3 Å². The van der Waals surface area contributed by atoms with Crippen molar-refractivity contribution >= 4 is 40.0 Å². The van der Waals surface area contributed by atoms with Crippen molar-refractivity contribution < 1.29 is 12.8 Å². The van der Waals surface area contributed by atoms with Gasteiger partial charge in [-0.15, -0.1) is 24.0 Å². The van der Waals surface area contributed by atoms with E-state index >= 15 is 0 Å². The quantitative estimate of drug-likeness (QED) is 0.270. The average molecular weight is 546 g/mol. The molecule has 1 saturated carbocycles. The first-order valence-corrected chi connectivity index (χ1v) is 11.2. The van der Waals surface area contributed by atoms with Crippen LogP contribution < -0.4 is 15.4 Å². The topological polar surface area (TPSA) is 82.6 Å². The van der Waals surface area contributed by atoms with Crippen LogP contribution in [0, 0.1) is 11.7 Å². The number of aliphatic imine (C=N–C) groups is 1. The van der Waals surface area contributed by atoms with Crippen molar-refractivity contribution in [3.63, 3.8) is 0 Å². The second kappa shape index (κ2) is 11.1. The summed E-state index contributed by atoms with van der Waals surface area (Å²) in [4.78, 5) is 4.72.